The standard InChI is InChI=1S/C10H15N5O3/c16-9(17)3-7-1-2-15(5-7)10(18)11-4-8-12-6-13-14-8/h6-7H,1-5H2,(H,11,18)(H,16,17)(H,12,13,14). The van der Waals surface area contributed by atoms with E-state index in [1.165, 1.54) is 6.33 Å². The summed E-state index contributed by atoms with van der Waals surface area (Å²) in [5, 5.41) is 17.7. The molecule has 1 atom stereocenters. The molecule has 1 fully saturated rings. The van der Waals surface area contributed by atoms with Crippen LogP contribution in [0.2, 0.25) is 0 Å². The van der Waals surface area contributed by atoms with Crippen molar-refractivity contribution >= 4 is 12.0 Å². The van der Waals surface area contributed by atoms with Gasteiger partial charge in [0, 0.05) is 19.5 Å². The molecule has 0 aromatic carbocycles. The van der Waals surface area contributed by atoms with E-state index < -0.39 is 5.97 Å². The van der Waals surface area contributed by atoms with Crippen molar-refractivity contribution in [3.8, 4) is 0 Å². The summed E-state index contributed by atoms with van der Waals surface area (Å²) in [6, 6.07) is -0.195. The second-order valence-electron chi connectivity index (χ2n) is 4.29. The minimum absolute atomic E-state index is 0.0542. The lowest BCUT2D eigenvalue weighted by Crippen LogP contribution is -2.38. The summed E-state index contributed by atoms with van der Waals surface area (Å²) in [5.74, 6) is -0.174. The van der Waals surface area contributed by atoms with Crippen molar-refractivity contribution in [2.45, 2.75) is 19.4 Å². The Balaban J connectivity index is 1.75. The molecule has 2 amide bonds. The van der Waals surface area contributed by atoms with Crippen LogP contribution >= 0.6 is 0 Å². The first-order valence-electron chi connectivity index (χ1n) is 5.74. The first-order chi connectivity index (χ1) is 8.65. The van der Waals surface area contributed by atoms with Gasteiger partial charge in [0.15, 0.2) is 0 Å². The van der Waals surface area contributed by atoms with E-state index >= 15 is 0 Å². The molecule has 0 aliphatic carbocycles. The van der Waals surface area contributed by atoms with Gasteiger partial charge in [0.1, 0.15) is 12.2 Å². The summed E-state index contributed by atoms with van der Waals surface area (Å²) in [4.78, 5) is 27.9. The first-order valence-corrected chi connectivity index (χ1v) is 5.74. The number of carbonyl (C=O) groups is 2. The molecule has 2 rings (SSSR count). The third-order valence-electron chi connectivity index (χ3n) is 2.91. The molecule has 3 N–H and O–H groups in total. The molecule has 1 aromatic heterocycles. The Labute approximate surface area is 103 Å². The normalized spacial score (nSPS) is 18.9. The van der Waals surface area contributed by atoms with E-state index in [9.17, 15) is 9.59 Å². The van der Waals surface area contributed by atoms with Gasteiger partial charge >= 0.3 is 12.0 Å². The lowest BCUT2D eigenvalue weighted by molar-refractivity contribution is -0.138. The summed E-state index contributed by atoms with van der Waals surface area (Å²) in [6.07, 6.45) is 2.23. The van der Waals surface area contributed by atoms with Gasteiger partial charge in [-0.15, -0.1) is 0 Å². The van der Waals surface area contributed by atoms with Crippen molar-refractivity contribution in [2.24, 2.45) is 5.92 Å². The maximum Gasteiger partial charge on any atom is 0.317 e. The molecule has 1 unspecified atom stereocenters. The fraction of sp³-hybridized carbons (Fsp3) is 0.600. The lowest BCUT2D eigenvalue weighted by Gasteiger charge is -2.16. The van der Waals surface area contributed by atoms with Gasteiger partial charge < -0.3 is 15.3 Å². The third-order valence-corrected chi connectivity index (χ3v) is 2.91. The monoisotopic (exact) mass is 253 g/mol. The van der Waals surface area contributed by atoms with Gasteiger partial charge in [0.25, 0.3) is 0 Å². The molecular formula is C10H15N5O3. The maximum absolute atomic E-state index is 11.8. The number of aromatic nitrogens is 3. The summed E-state index contributed by atoms with van der Waals surface area (Å²) >= 11 is 0. The third kappa shape index (κ3) is 3.19. The van der Waals surface area contributed by atoms with Gasteiger partial charge in [-0.25, -0.2) is 9.78 Å². The van der Waals surface area contributed by atoms with Crippen LogP contribution in [-0.4, -0.2) is 50.3 Å². The van der Waals surface area contributed by atoms with Crippen LogP contribution in [0, 0.1) is 5.92 Å². The van der Waals surface area contributed by atoms with E-state index in [2.05, 4.69) is 20.5 Å². The number of aliphatic carboxylic acids is 1. The molecule has 0 radical (unpaired) electrons. The summed E-state index contributed by atoms with van der Waals surface area (Å²) < 4.78 is 0. The molecule has 1 aliphatic rings. The Kier molecular flexibility index (Phi) is 3.75. The number of likely N-dealkylation sites (tertiary alicyclic amines) is 1. The van der Waals surface area contributed by atoms with Gasteiger partial charge in [-0.1, -0.05) is 0 Å². The topological polar surface area (TPSA) is 111 Å². The van der Waals surface area contributed by atoms with Gasteiger partial charge in [-0.3, -0.25) is 9.89 Å². The highest BCUT2D eigenvalue weighted by atomic mass is 16.4. The fourth-order valence-electron chi connectivity index (χ4n) is 2.02. The Bertz CT molecular complexity index is 419. The number of carboxylic acid groups (broad SMARTS) is 1. The van der Waals surface area contributed by atoms with Crippen LogP contribution in [0.15, 0.2) is 6.33 Å². The number of rotatable bonds is 4. The fourth-order valence-corrected chi connectivity index (χ4v) is 2.02. The minimum Gasteiger partial charge on any atom is -0.481 e. The lowest BCUT2D eigenvalue weighted by atomic mass is 10.1. The van der Waals surface area contributed by atoms with Crippen molar-refractivity contribution in [2.75, 3.05) is 13.1 Å². The SMILES string of the molecule is O=C(O)CC1CCN(C(=O)NCc2ncn[nH]2)C1. The predicted molar refractivity (Wildman–Crippen MR) is 60.6 cm³/mol. The number of nitrogens with one attached hydrogen (secondary N) is 2. The molecule has 2 heterocycles. The number of hydrogen-bond donors (Lipinski definition) is 3. The van der Waals surface area contributed by atoms with E-state index in [1.807, 2.05) is 0 Å². The van der Waals surface area contributed by atoms with Crippen molar-refractivity contribution < 1.29 is 14.7 Å². The maximum atomic E-state index is 11.8. The Morgan fingerprint density at radius 2 is 2.44 bits per heavy atom. The Morgan fingerprint density at radius 3 is 3.11 bits per heavy atom. The number of amides is 2. The highest BCUT2D eigenvalue weighted by Gasteiger charge is 2.27. The number of urea groups is 1. The zero-order chi connectivity index (χ0) is 13.0. The van der Waals surface area contributed by atoms with Crippen molar-refractivity contribution in [1.29, 1.82) is 0 Å². The van der Waals surface area contributed by atoms with E-state index in [1.54, 1.807) is 4.90 Å². The van der Waals surface area contributed by atoms with E-state index in [-0.39, 0.29) is 18.4 Å². The molecule has 0 saturated carbocycles. The number of carboxylic acids is 1. The van der Waals surface area contributed by atoms with Crippen LogP contribution in [-0.2, 0) is 11.3 Å². The smallest absolute Gasteiger partial charge is 0.317 e. The van der Waals surface area contributed by atoms with Crippen molar-refractivity contribution in [3.63, 3.8) is 0 Å². The predicted octanol–water partition coefficient (Wildman–Crippen LogP) is -0.189. The second-order valence-corrected chi connectivity index (χ2v) is 4.29. The van der Waals surface area contributed by atoms with Crippen molar-refractivity contribution in [3.05, 3.63) is 12.2 Å². The van der Waals surface area contributed by atoms with E-state index in [0.29, 0.717) is 25.5 Å². The van der Waals surface area contributed by atoms with Crippen LogP contribution < -0.4 is 5.32 Å². The largest absolute Gasteiger partial charge is 0.481 e. The van der Waals surface area contributed by atoms with Crippen molar-refractivity contribution in [1.82, 2.24) is 25.4 Å². The number of hydrogen-bond acceptors (Lipinski definition) is 4. The molecule has 1 aliphatic heterocycles. The van der Waals surface area contributed by atoms with Crippen LogP contribution in [0.5, 0.6) is 0 Å². The summed E-state index contributed by atoms with van der Waals surface area (Å²) in [7, 11) is 0. The van der Waals surface area contributed by atoms with Gasteiger partial charge in [0.2, 0.25) is 0 Å². The average molecular weight is 253 g/mol. The average Bonchev–Trinajstić information content (AvgIpc) is 2.95. The number of H-pyrrole nitrogens is 1. The minimum atomic E-state index is -0.816. The highest BCUT2D eigenvalue weighted by molar-refractivity contribution is 5.74. The molecule has 18 heavy (non-hydrogen) atoms. The molecule has 98 valence electrons. The zero-order valence-corrected chi connectivity index (χ0v) is 9.80. The molecular weight excluding hydrogens is 238 g/mol. The molecule has 0 spiro atoms. The van der Waals surface area contributed by atoms with Gasteiger partial charge in [-0.05, 0) is 12.3 Å². The molecule has 0 bridgehead atoms. The first kappa shape index (κ1) is 12.3. The number of carbonyl (C=O) groups excluding carboxylic acids is 1. The number of nitrogens with zero attached hydrogens (tertiary/aromatic N) is 3. The Hall–Kier alpha value is -2.12. The zero-order valence-electron chi connectivity index (χ0n) is 9.80. The van der Waals surface area contributed by atoms with E-state index in [0.717, 1.165) is 6.42 Å². The van der Waals surface area contributed by atoms with Crippen LogP contribution in [0.4, 0.5) is 4.79 Å². The van der Waals surface area contributed by atoms with Crippen LogP contribution in [0.25, 0.3) is 0 Å². The van der Waals surface area contributed by atoms with Gasteiger partial charge in [-0.2, -0.15) is 5.10 Å². The molecule has 8 nitrogen and oxygen atoms in total. The van der Waals surface area contributed by atoms with Crippen LogP contribution in [0.3, 0.4) is 0 Å². The second kappa shape index (κ2) is 5.48. The number of aromatic amines is 1. The highest BCUT2D eigenvalue weighted by Crippen LogP contribution is 2.19. The Morgan fingerprint density at radius 1 is 1.61 bits per heavy atom. The molecule has 1 saturated heterocycles. The quantitative estimate of drug-likeness (QED) is 0.688. The summed E-state index contributed by atoms with van der Waals surface area (Å²) in [6.45, 7) is 1.38. The molecule has 1 aromatic rings. The van der Waals surface area contributed by atoms with E-state index in [4.69, 9.17) is 5.11 Å². The van der Waals surface area contributed by atoms with Gasteiger partial charge in [0.05, 0.1) is 6.54 Å². The van der Waals surface area contributed by atoms with Crippen LogP contribution in [0.1, 0.15) is 18.7 Å². The summed E-state index contributed by atoms with van der Waals surface area (Å²) in [5.41, 5.74) is 0. The molecule has 8 heteroatoms.